The first-order valence-corrected chi connectivity index (χ1v) is 9.42. The Bertz CT molecular complexity index is 583. The minimum atomic E-state index is 0.150. The van der Waals surface area contributed by atoms with Crippen molar-refractivity contribution in [2.24, 2.45) is 0 Å². The number of amides is 1. The molecule has 1 aliphatic rings. The highest BCUT2D eigenvalue weighted by Crippen LogP contribution is 2.38. The predicted octanol–water partition coefficient (Wildman–Crippen LogP) is 4.58. The van der Waals surface area contributed by atoms with Crippen molar-refractivity contribution in [1.29, 1.82) is 0 Å². The lowest BCUT2D eigenvalue weighted by atomic mass is 10.2. The van der Waals surface area contributed by atoms with E-state index in [-0.39, 0.29) is 5.75 Å². The smallest absolute Gasteiger partial charge is 0.214 e. The molecular formula is C21H34N2O3. The summed E-state index contributed by atoms with van der Waals surface area (Å²) in [5.74, 6) is 0.670. The Labute approximate surface area is 158 Å². The molecule has 0 radical (unpaired) electrons. The molecule has 146 valence electrons. The average molecular weight is 363 g/mol. The maximum Gasteiger partial charge on any atom is 0.214 e. The monoisotopic (exact) mass is 362 g/mol. The summed E-state index contributed by atoms with van der Waals surface area (Å²) in [7, 11) is 0. The van der Waals surface area contributed by atoms with E-state index in [9.17, 15) is 9.90 Å². The number of carbonyl (C=O) groups excluding carboxylic acids is 1. The van der Waals surface area contributed by atoms with Crippen LogP contribution < -0.4 is 9.64 Å². The fraction of sp³-hybridized carbons (Fsp3) is 0.476. The standard InChI is InChI=1S/C17H22N2O3.2C2H6/c1-3-6-14(4-2)19(13-20)10-9-18-11-12-22-17-15(18)7-5-8-16(17)21;2*1-2/h3-8,13,21H,9-12H2,1-2H3;2*1-2H3/b6-3-,14-4+;;. The highest BCUT2D eigenvalue weighted by Gasteiger charge is 2.21. The lowest BCUT2D eigenvalue weighted by Crippen LogP contribution is -2.38. The van der Waals surface area contributed by atoms with Gasteiger partial charge in [0.25, 0.3) is 0 Å². The maximum absolute atomic E-state index is 11.3. The number of ether oxygens (including phenoxy) is 1. The quantitative estimate of drug-likeness (QED) is 0.594. The van der Waals surface area contributed by atoms with E-state index in [1.165, 1.54) is 0 Å². The number of para-hydroxylation sites is 1. The van der Waals surface area contributed by atoms with Gasteiger partial charge in [-0.3, -0.25) is 4.79 Å². The summed E-state index contributed by atoms with van der Waals surface area (Å²) in [6.45, 7) is 14.3. The minimum Gasteiger partial charge on any atom is -0.504 e. The van der Waals surface area contributed by atoms with Crippen LogP contribution in [0.1, 0.15) is 41.5 Å². The summed E-state index contributed by atoms with van der Waals surface area (Å²) in [5, 5.41) is 9.86. The summed E-state index contributed by atoms with van der Waals surface area (Å²) in [4.78, 5) is 15.1. The van der Waals surface area contributed by atoms with Crippen molar-refractivity contribution in [2.75, 3.05) is 31.1 Å². The summed E-state index contributed by atoms with van der Waals surface area (Å²) in [6.07, 6.45) is 6.58. The van der Waals surface area contributed by atoms with Crippen LogP contribution in [0.4, 0.5) is 5.69 Å². The first-order chi connectivity index (χ1) is 12.7. The molecule has 26 heavy (non-hydrogen) atoms. The van der Waals surface area contributed by atoms with Crippen molar-refractivity contribution in [3.05, 3.63) is 42.1 Å². The number of phenols is 1. The summed E-state index contributed by atoms with van der Waals surface area (Å²) in [6, 6.07) is 5.33. The molecule has 0 aliphatic carbocycles. The molecule has 0 saturated carbocycles. The van der Waals surface area contributed by atoms with Crippen molar-refractivity contribution >= 4 is 12.1 Å². The van der Waals surface area contributed by atoms with E-state index in [1.807, 2.05) is 65.8 Å². The molecule has 1 heterocycles. The molecule has 0 unspecified atom stereocenters. The molecule has 5 nitrogen and oxygen atoms in total. The number of nitrogens with zero attached hydrogens (tertiary/aromatic N) is 2. The van der Waals surface area contributed by atoms with Gasteiger partial charge in [-0.25, -0.2) is 0 Å². The Hall–Kier alpha value is -2.43. The molecule has 2 rings (SSSR count). The number of phenolic OH excluding ortho intramolecular Hbond substituents is 1. The molecule has 1 aromatic rings. The van der Waals surface area contributed by atoms with Crippen LogP contribution in [0.2, 0.25) is 0 Å². The molecule has 0 saturated heterocycles. The normalized spacial score (nSPS) is 12.8. The number of anilines is 1. The summed E-state index contributed by atoms with van der Waals surface area (Å²) < 4.78 is 5.53. The molecule has 5 heteroatoms. The van der Waals surface area contributed by atoms with E-state index < -0.39 is 0 Å². The third-order valence-electron chi connectivity index (χ3n) is 3.62. The van der Waals surface area contributed by atoms with Gasteiger partial charge in [-0.05, 0) is 32.1 Å². The Balaban J connectivity index is 0.00000146. The topological polar surface area (TPSA) is 53.0 Å². The molecule has 1 amide bonds. The Morgan fingerprint density at radius 2 is 1.96 bits per heavy atom. The summed E-state index contributed by atoms with van der Waals surface area (Å²) >= 11 is 0. The fourth-order valence-corrected chi connectivity index (χ4v) is 2.52. The number of benzene rings is 1. The zero-order valence-corrected chi connectivity index (χ0v) is 17.0. The number of rotatable bonds is 6. The zero-order chi connectivity index (χ0) is 19.9. The number of hydrogen-bond acceptors (Lipinski definition) is 4. The predicted molar refractivity (Wildman–Crippen MR) is 110 cm³/mol. The van der Waals surface area contributed by atoms with Gasteiger partial charge in [-0.1, -0.05) is 45.9 Å². The van der Waals surface area contributed by atoms with Crippen LogP contribution in [0.3, 0.4) is 0 Å². The Morgan fingerprint density at radius 1 is 1.27 bits per heavy atom. The molecule has 0 spiro atoms. The van der Waals surface area contributed by atoms with Gasteiger partial charge in [0.05, 0.1) is 12.2 Å². The second kappa shape index (κ2) is 13.8. The molecule has 0 atom stereocenters. The van der Waals surface area contributed by atoms with E-state index in [2.05, 4.69) is 4.90 Å². The maximum atomic E-state index is 11.3. The molecule has 1 aliphatic heterocycles. The van der Waals surface area contributed by atoms with Crippen LogP contribution in [0.5, 0.6) is 11.5 Å². The van der Waals surface area contributed by atoms with E-state index >= 15 is 0 Å². The van der Waals surface area contributed by atoms with Crippen LogP contribution in [0, 0.1) is 0 Å². The molecule has 0 bridgehead atoms. The minimum absolute atomic E-state index is 0.150. The first-order valence-electron chi connectivity index (χ1n) is 9.42. The fourth-order valence-electron chi connectivity index (χ4n) is 2.52. The van der Waals surface area contributed by atoms with Gasteiger partial charge in [0.2, 0.25) is 6.41 Å². The molecule has 1 N–H and O–H groups in total. The summed E-state index contributed by atoms with van der Waals surface area (Å²) in [5.41, 5.74) is 1.74. The van der Waals surface area contributed by atoms with Crippen molar-refractivity contribution in [3.8, 4) is 11.5 Å². The van der Waals surface area contributed by atoms with Crippen molar-refractivity contribution in [1.82, 2.24) is 4.90 Å². The van der Waals surface area contributed by atoms with Gasteiger partial charge in [-0.15, -0.1) is 0 Å². The molecule has 0 aromatic heterocycles. The first kappa shape index (κ1) is 23.6. The second-order valence-electron chi connectivity index (χ2n) is 4.97. The highest BCUT2D eigenvalue weighted by molar-refractivity contribution is 5.65. The third-order valence-corrected chi connectivity index (χ3v) is 3.62. The van der Waals surface area contributed by atoms with Gasteiger partial charge in [0, 0.05) is 18.8 Å². The van der Waals surface area contributed by atoms with Crippen LogP contribution in [0.15, 0.2) is 42.1 Å². The molecule has 1 aromatic carbocycles. The van der Waals surface area contributed by atoms with Crippen molar-refractivity contribution in [3.63, 3.8) is 0 Å². The largest absolute Gasteiger partial charge is 0.504 e. The van der Waals surface area contributed by atoms with Crippen molar-refractivity contribution < 1.29 is 14.6 Å². The average Bonchev–Trinajstić information content (AvgIpc) is 2.71. The Morgan fingerprint density at radius 3 is 2.54 bits per heavy atom. The van der Waals surface area contributed by atoms with Crippen LogP contribution in [0.25, 0.3) is 0 Å². The highest BCUT2D eigenvalue weighted by atomic mass is 16.5. The number of aromatic hydroxyl groups is 1. The van der Waals surface area contributed by atoms with E-state index in [4.69, 9.17) is 4.74 Å². The van der Waals surface area contributed by atoms with E-state index in [0.717, 1.165) is 24.3 Å². The van der Waals surface area contributed by atoms with E-state index in [1.54, 1.807) is 17.0 Å². The number of fused-ring (bicyclic) bond motifs is 1. The lowest BCUT2D eigenvalue weighted by molar-refractivity contribution is -0.116. The SMILES string of the molecule is C/C=C\C(=C/C)N(C=O)CCN1CCOc2c(O)cccc21.CC.CC. The van der Waals surface area contributed by atoms with Crippen molar-refractivity contribution in [2.45, 2.75) is 41.5 Å². The second-order valence-corrected chi connectivity index (χ2v) is 4.97. The number of allylic oxidation sites excluding steroid dienone is 3. The van der Waals surface area contributed by atoms with Gasteiger partial charge >= 0.3 is 0 Å². The van der Waals surface area contributed by atoms with Gasteiger partial charge in [0.15, 0.2) is 11.5 Å². The van der Waals surface area contributed by atoms with Gasteiger partial charge in [-0.2, -0.15) is 0 Å². The number of carbonyl (C=O) groups is 1. The third kappa shape index (κ3) is 6.47. The Kier molecular flexibility index (Phi) is 12.5. The van der Waals surface area contributed by atoms with Crippen LogP contribution >= 0.6 is 0 Å². The lowest BCUT2D eigenvalue weighted by Gasteiger charge is -2.33. The number of hydrogen-bond donors (Lipinski definition) is 1. The van der Waals surface area contributed by atoms with Gasteiger partial charge in [0.1, 0.15) is 6.61 Å². The van der Waals surface area contributed by atoms with Gasteiger partial charge < -0.3 is 19.6 Å². The molecular weight excluding hydrogens is 328 g/mol. The molecule has 0 fully saturated rings. The zero-order valence-electron chi connectivity index (χ0n) is 17.0. The van der Waals surface area contributed by atoms with Crippen LogP contribution in [-0.2, 0) is 4.79 Å². The van der Waals surface area contributed by atoms with Crippen LogP contribution in [-0.4, -0.2) is 42.7 Å². The van der Waals surface area contributed by atoms with E-state index in [0.29, 0.717) is 25.4 Å².